The van der Waals surface area contributed by atoms with Gasteiger partial charge in [-0.1, -0.05) is 42.2 Å². The molecule has 2 aromatic rings. The van der Waals surface area contributed by atoms with Crippen LogP contribution in [0.25, 0.3) is 6.08 Å². The summed E-state index contributed by atoms with van der Waals surface area (Å²) in [6.45, 7) is 3.98. The number of methoxy groups -OCH3 is 2. The summed E-state index contributed by atoms with van der Waals surface area (Å²) in [6, 6.07) is 11.5. The fraction of sp³-hybridized carbons (Fsp3) is 0.200. The molecular weight excluding hydrogens is 366 g/mol. The Balaban J connectivity index is 1.96. The molecule has 6 heteroatoms. The lowest BCUT2D eigenvalue weighted by molar-refractivity contribution is -0.113. The van der Waals surface area contributed by atoms with E-state index in [0.29, 0.717) is 20.7 Å². The Labute approximate surface area is 162 Å². The first kappa shape index (κ1) is 18.5. The van der Waals surface area contributed by atoms with Gasteiger partial charge in [-0.3, -0.25) is 9.69 Å². The number of thioether (sulfide) groups is 1. The Bertz CT molecular complexity index is 921. The fourth-order valence-electron chi connectivity index (χ4n) is 2.73. The molecule has 1 heterocycles. The summed E-state index contributed by atoms with van der Waals surface area (Å²) in [5.41, 5.74) is 3.79. The van der Waals surface area contributed by atoms with Crippen LogP contribution in [0.4, 0.5) is 5.69 Å². The number of rotatable bonds is 4. The molecule has 0 aromatic heterocycles. The number of hydrogen-bond donors (Lipinski definition) is 0. The summed E-state index contributed by atoms with van der Waals surface area (Å²) in [5, 5.41) is 0. The average molecular weight is 386 g/mol. The molecule has 26 heavy (non-hydrogen) atoms. The summed E-state index contributed by atoms with van der Waals surface area (Å²) in [6.07, 6.45) is 1.83. The smallest absolute Gasteiger partial charge is 0.270 e. The Morgan fingerprint density at radius 1 is 1.04 bits per heavy atom. The van der Waals surface area contributed by atoms with Gasteiger partial charge < -0.3 is 9.47 Å². The van der Waals surface area contributed by atoms with Crippen molar-refractivity contribution in [2.45, 2.75) is 13.8 Å². The number of carbonyl (C=O) groups excluding carboxylic acids is 1. The van der Waals surface area contributed by atoms with Crippen molar-refractivity contribution in [3.8, 4) is 11.5 Å². The van der Waals surface area contributed by atoms with Crippen LogP contribution in [0.1, 0.15) is 16.7 Å². The average Bonchev–Trinajstić information content (AvgIpc) is 2.90. The molecule has 0 radical (unpaired) electrons. The van der Waals surface area contributed by atoms with E-state index in [1.807, 2.05) is 56.3 Å². The third kappa shape index (κ3) is 3.48. The van der Waals surface area contributed by atoms with Gasteiger partial charge in [0.1, 0.15) is 0 Å². The van der Waals surface area contributed by atoms with E-state index in [0.717, 1.165) is 22.4 Å². The van der Waals surface area contributed by atoms with Gasteiger partial charge in [-0.25, -0.2) is 0 Å². The number of benzene rings is 2. The van der Waals surface area contributed by atoms with Gasteiger partial charge in [0.15, 0.2) is 15.8 Å². The van der Waals surface area contributed by atoms with Crippen LogP contribution in [0.3, 0.4) is 0 Å². The molecule has 3 rings (SSSR count). The molecule has 0 bridgehead atoms. The first-order chi connectivity index (χ1) is 12.4. The normalized spacial score (nSPS) is 15.7. The van der Waals surface area contributed by atoms with E-state index in [9.17, 15) is 4.79 Å². The van der Waals surface area contributed by atoms with Gasteiger partial charge in [0.2, 0.25) is 0 Å². The number of aryl methyl sites for hydroxylation is 2. The molecule has 134 valence electrons. The minimum Gasteiger partial charge on any atom is -0.493 e. The van der Waals surface area contributed by atoms with E-state index < -0.39 is 0 Å². The molecule has 0 aliphatic carbocycles. The zero-order valence-electron chi connectivity index (χ0n) is 15.0. The number of thiocarbonyl (C=S) groups is 1. The summed E-state index contributed by atoms with van der Waals surface area (Å²) in [5.74, 6) is 1.15. The summed E-state index contributed by atoms with van der Waals surface area (Å²) < 4.78 is 11.1. The SMILES string of the molecule is COc1ccc(C=C2SC(=S)N(c3cc(C)ccc3C)C2=O)cc1OC. The van der Waals surface area contributed by atoms with Crippen LogP contribution in [0, 0.1) is 13.8 Å². The molecule has 2 aromatic carbocycles. The van der Waals surface area contributed by atoms with Gasteiger partial charge in [0.05, 0.1) is 24.8 Å². The topological polar surface area (TPSA) is 38.8 Å². The third-order valence-corrected chi connectivity index (χ3v) is 5.41. The number of anilines is 1. The third-order valence-electron chi connectivity index (χ3n) is 4.10. The van der Waals surface area contributed by atoms with Crippen LogP contribution in [-0.4, -0.2) is 24.4 Å². The molecule has 0 atom stereocenters. The molecule has 0 unspecified atom stereocenters. The number of amides is 1. The predicted molar refractivity (Wildman–Crippen MR) is 111 cm³/mol. The van der Waals surface area contributed by atoms with Crippen molar-refractivity contribution in [3.05, 3.63) is 58.0 Å². The molecule has 1 amide bonds. The summed E-state index contributed by atoms with van der Waals surface area (Å²) in [7, 11) is 3.18. The highest BCUT2D eigenvalue weighted by molar-refractivity contribution is 8.27. The van der Waals surface area contributed by atoms with Crippen molar-refractivity contribution < 1.29 is 14.3 Å². The monoisotopic (exact) mass is 385 g/mol. The molecule has 1 fully saturated rings. The minimum absolute atomic E-state index is 0.108. The maximum atomic E-state index is 13.0. The lowest BCUT2D eigenvalue weighted by atomic mass is 10.1. The predicted octanol–water partition coefficient (Wildman–Crippen LogP) is 4.73. The van der Waals surface area contributed by atoms with Gasteiger partial charge in [-0.15, -0.1) is 0 Å². The molecule has 0 saturated carbocycles. The van der Waals surface area contributed by atoms with Gasteiger partial charge >= 0.3 is 0 Å². The first-order valence-electron chi connectivity index (χ1n) is 8.02. The molecular formula is C20H19NO3S2. The second kappa shape index (κ2) is 7.51. The highest BCUT2D eigenvalue weighted by Gasteiger charge is 2.34. The highest BCUT2D eigenvalue weighted by atomic mass is 32.2. The minimum atomic E-state index is -0.108. The zero-order chi connectivity index (χ0) is 18.8. The van der Waals surface area contributed by atoms with Crippen molar-refractivity contribution in [2.75, 3.05) is 19.1 Å². The molecule has 1 aliphatic rings. The Morgan fingerprint density at radius 2 is 1.77 bits per heavy atom. The second-order valence-electron chi connectivity index (χ2n) is 5.92. The van der Waals surface area contributed by atoms with Crippen LogP contribution in [0.5, 0.6) is 11.5 Å². The quantitative estimate of drug-likeness (QED) is 0.562. The van der Waals surface area contributed by atoms with E-state index in [1.165, 1.54) is 11.8 Å². The van der Waals surface area contributed by atoms with Gasteiger partial charge in [-0.2, -0.15) is 0 Å². The lowest BCUT2D eigenvalue weighted by Gasteiger charge is -2.17. The van der Waals surface area contributed by atoms with Gasteiger partial charge in [0, 0.05) is 0 Å². The Kier molecular flexibility index (Phi) is 5.34. The van der Waals surface area contributed by atoms with Crippen LogP contribution in [0.15, 0.2) is 41.3 Å². The first-order valence-corrected chi connectivity index (χ1v) is 9.24. The lowest BCUT2D eigenvalue weighted by Crippen LogP contribution is -2.28. The molecule has 4 nitrogen and oxygen atoms in total. The highest BCUT2D eigenvalue weighted by Crippen LogP contribution is 2.38. The number of ether oxygens (including phenoxy) is 2. The molecule has 0 spiro atoms. The molecule has 1 aliphatic heterocycles. The van der Waals surface area contributed by atoms with Crippen molar-refractivity contribution >= 4 is 46.0 Å². The van der Waals surface area contributed by atoms with Crippen LogP contribution in [0.2, 0.25) is 0 Å². The zero-order valence-corrected chi connectivity index (χ0v) is 16.7. The summed E-state index contributed by atoms with van der Waals surface area (Å²) >= 11 is 6.77. The van der Waals surface area contributed by atoms with Gasteiger partial charge in [0.25, 0.3) is 5.91 Å². The van der Waals surface area contributed by atoms with E-state index in [-0.39, 0.29) is 5.91 Å². The van der Waals surface area contributed by atoms with Crippen molar-refractivity contribution in [1.29, 1.82) is 0 Å². The molecule has 0 N–H and O–H groups in total. The van der Waals surface area contributed by atoms with Crippen molar-refractivity contribution in [3.63, 3.8) is 0 Å². The Hall–Kier alpha value is -2.31. The molecule has 1 saturated heterocycles. The van der Waals surface area contributed by atoms with E-state index >= 15 is 0 Å². The van der Waals surface area contributed by atoms with E-state index in [1.54, 1.807) is 19.1 Å². The second-order valence-corrected chi connectivity index (χ2v) is 7.60. The van der Waals surface area contributed by atoms with E-state index in [4.69, 9.17) is 21.7 Å². The standard InChI is InChI=1S/C20H19NO3S2/c1-12-5-6-13(2)15(9-12)21-19(22)18(26-20(21)25)11-14-7-8-16(23-3)17(10-14)24-4/h5-11H,1-4H3. The maximum absolute atomic E-state index is 13.0. The number of carbonyl (C=O) groups is 1. The fourth-order valence-corrected chi connectivity index (χ4v) is 4.01. The number of hydrogen-bond acceptors (Lipinski definition) is 5. The van der Waals surface area contributed by atoms with Gasteiger partial charge in [-0.05, 0) is 54.8 Å². The van der Waals surface area contributed by atoms with E-state index in [2.05, 4.69) is 0 Å². The van der Waals surface area contributed by atoms with Crippen molar-refractivity contribution in [2.24, 2.45) is 0 Å². The number of nitrogens with zero attached hydrogens (tertiary/aromatic N) is 1. The largest absolute Gasteiger partial charge is 0.493 e. The van der Waals surface area contributed by atoms with Crippen LogP contribution >= 0.6 is 24.0 Å². The van der Waals surface area contributed by atoms with Crippen molar-refractivity contribution in [1.82, 2.24) is 0 Å². The summed E-state index contributed by atoms with van der Waals surface area (Å²) in [4.78, 5) is 15.1. The van der Waals surface area contributed by atoms with Crippen LogP contribution in [-0.2, 0) is 4.79 Å². The van der Waals surface area contributed by atoms with Crippen LogP contribution < -0.4 is 14.4 Å². The Morgan fingerprint density at radius 3 is 2.46 bits per heavy atom. The maximum Gasteiger partial charge on any atom is 0.270 e.